The Morgan fingerprint density at radius 1 is 1.18 bits per heavy atom. The molecule has 4 heterocycles. The highest BCUT2D eigenvalue weighted by molar-refractivity contribution is 6.01. The van der Waals surface area contributed by atoms with Gasteiger partial charge in [-0.15, -0.1) is 0 Å². The van der Waals surface area contributed by atoms with Gasteiger partial charge in [-0.25, -0.2) is 28.2 Å². The number of halogens is 2. The summed E-state index contributed by atoms with van der Waals surface area (Å²) in [6.07, 6.45) is 1.04. The van der Waals surface area contributed by atoms with Crippen LogP contribution in [0.15, 0.2) is 18.5 Å². The van der Waals surface area contributed by atoms with E-state index in [1.165, 1.54) is 6.33 Å². The molecule has 0 bridgehead atoms. The highest BCUT2D eigenvalue weighted by Crippen LogP contribution is 2.48. The molecule has 14 heteroatoms. The molecule has 0 unspecified atom stereocenters. The van der Waals surface area contributed by atoms with Crippen LogP contribution in [0.5, 0.6) is 11.5 Å². The third-order valence-electron chi connectivity index (χ3n) is 7.81. The molecule has 0 radical (unpaired) electrons. The number of piperidine rings is 1. The molecule has 3 aliphatic rings. The first-order chi connectivity index (χ1) is 19.2. The molecule has 2 fully saturated rings. The molecule has 2 aromatic heterocycles. The predicted molar refractivity (Wildman–Crippen MR) is 143 cm³/mol. The number of aromatic nitrogens is 4. The van der Waals surface area contributed by atoms with Crippen molar-refractivity contribution >= 4 is 28.6 Å². The molecule has 1 amide bonds. The average Bonchev–Trinajstić information content (AvgIpc) is 3.53. The molecule has 12 nitrogen and oxygen atoms in total. The largest absolute Gasteiger partial charge is 0.453 e. The molecule has 1 saturated carbocycles. The summed E-state index contributed by atoms with van der Waals surface area (Å²) in [6, 6.07) is 3.96. The van der Waals surface area contributed by atoms with Crippen LogP contribution in [0, 0.1) is 0 Å². The fraction of sp³-hybridized carbons (Fsp3) is 0.538. The minimum Gasteiger partial charge on any atom is -0.453 e. The van der Waals surface area contributed by atoms with E-state index in [2.05, 4.69) is 39.2 Å². The molecule has 40 heavy (non-hydrogen) atoms. The molecule has 214 valence electrons. The monoisotopic (exact) mass is 558 g/mol. The minimum atomic E-state index is -2.79. The number of carbonyl (C=O) groups excluding carboxylic acids is 1. The Kier molecular flexibility index (Phi) is 6.82. The van der Waals surface area contributed by atoms with Gasteiger partial charge in [0.1, 0.15) is 23.9 Å². The summed E-state index contributed by atoms with van der Waals surface area (Å²) in [4.78, 5) is 25.7. The smallest absolute Gasteiger partial charge is 0.412 e. The first kappa shape index (κ1) is 26.4. The second-order valence-electron chi connectivity index (χ2n) is 10.7. The zero-order valence-corrected chi connectivity index (χ0v) is 22.4. The van der Waals surface area contributed by atoms with Crippen LogP contribution < -0.4 is 20.5 Å². The van der Waals surface area contributed by atoms with E-state index in [1.807, 2.05) is 4.68 Å². The van der Waals surface area contributed by atoms with Crippen LogP contribution in [0.25, 0.3) is 22.3 Å². The van der Waals surface area contributed by atoms with Crippen LogP contribution in [0.3, 0.4) is 0 Å². The van der Waals surface area contributed by atoms with Crippen LogP contribution >= 0.6 is 0 Å². The lowest BCUT2D eigenvalue weighted by atomic mass is 9.91. The fourth-order valence-electron chi connectivity index (χ4n) is 5.53. The van der Waals surface area contributed by atoms with Crippen LogP contribution in [0.1, 0.15) is 25.7 Å². The number of likely N-dealkylation sites (tertiary alicyclic amines) is 1. The van der Waals surface area contributed by atoms with Gasteiger partial charge in [-0.05, 0) is 52.2 Å². The van der Waals surface area contributed by atoms with Crippen molar-refractivity contribution in [1.29, 1.82) is 0 Å². The molecular weight excluding hydrogens is 526 g/mol. The van der Waals surface area contributed by atoms with E-state index in [0.29, 0.717) is 46.3 Å². The maximum Gasteiger partial charge on any atom is 0.412 e. The van der Waals surface area contributed by atoms with Crippen molar-refractivity contribution in [2.24, 2.45) is 0 Å². The van der Waals surface area contributed by atoms with E-state index in [0.717, 1.165) is 32.5 Å². The Balaban J connectivity index is 1.23. The van der Waals surface area contributed by atoms with E-state index in [9.17, 15) is 13.6 Å². The number of alkyl halides is 2. The molecule has 0 spiro atoms. The van der Waals surface area contributed by atoms with Gasteiger partial charge in [0.05, 0.1) is 17.6 Å². The fourth-order valence-corrected chi connectivity index (χ4v) is 5.53. The normalized spacial score (nSPS) is 19.2. The average molecular weight is 559 g/mol. The van der Waals surface area contributed by atoms with Gasteiger partial charge >= 0.3 is 6.09 Å². The van der Waals surface area contributed by atoms with Crippen molar-refractivity contribution < 1.29 is 27.8 Å². The summed E-state index contributed by atoms with van der Waals surface area (Å²) in [5.41, 5.74) is 8.34. The zero-order chi connectivity index (χ0) is 28.0. The number of rotatable bonds is 7. The van der Waals surface area contributed by atoms with Crippen LogP contribution in [-0.2, 0) is 11.3 Å². The Hall–Kier alpha value is -3.78. The van der Waals surface area contributed by atoms with E-state index < -0.39 is 31.0 Å². The number of benzene rings is 1. The van der Waals surface area contributed by atoms with Gasteiger partial charge in [-0.1, -0.05) is 0 Å². The highest BCUT2D eigenvalue weighted by Gasteiger charge is 2.47. The van der Waals surface area contributed by atoms with Crippen LogP contribution in [0.4, 0.5) is 25.1 Å². The summed E-state index contributed by atoms with van der Waals surface area (Å²) in [5.74, 6) is -1.84. The van der Waals surface area contributed by atoms with Crippen LogP contribution in [-0.4, -0.2) is 94.2 Å². The van der Waals surface area contributed by atoms with Gasteiger partial charge in [-0.2, -0.15) is 5.10 Å². The third-order valence-corrected chi connectivity index (χ3v) is 7.81. The van der Waals surface area contributed by atoms with Gasteiger partial charge in [0, 0.05) is 31.0 Å². The van der Waals surface area contributed by atoms with Gasteiger partial charge in [0.2, 0.25) is 6.79 Å². The number of anilines is 2. The lowest BCUT2D eigenvalue weighted by Gasteiger charge is -2.35. The van der Waals surface area contributed by atoms with Crippen molar-refractivity contribution in [3.8, 4) is 22.8 Å². The molecule has 1 saturated heterocycles. The molecule has 0 atom stereocenters. The van der Waals surface area contributed by atoms with Gasteiger partial charge in [0.25, 0.3) is 5.92 Å². The van der Waals surface area contributed by atoms with Gasteiger partial charge in [0.15, 0.2) is 17.1 Å². The Morgan fingerprint density at radius 3 is 2.65 bits per heavy atom. The number of nitrogens with two attached hydrogens (primary N) is 1. The van der Waals surface area contributed by atoms with Gasteiger partial charge < -0.3 is 29.7 Å². The first-order valence-electron chi connectivity index (χ1n) is 13.3. The molecule has 1 aliphatic carbocycles. The molecule has 3 N–H and O–H groups in total. The standard InChI is InChI=1S/C26H32F2N8O4/c1-34(2)15-5-7-35(8-6-15)9-10-36-24-19(23(29)30-13-31-24)20(33-36)17-3-4-18(22-21(17)38-14-39-22)32-25(37)40-16-11-26(27,28)12-16/h3-4,13,15-16H,5-12,14H2,1-2H3,(H,32,37)(H2,29,30,31). The number of nitrogens with zero attached hydrogens (tertiary/aromatic N) is 6. The van der Waals surface area contributed by atoms with Crippen molar-refractivity contribution in [3.05, 3.63) is 18.5 Å². The van der Waals surface area contributed by atoms with E-state index >= 15 is 0 Å². The SMILES string of the molecule is CN(C)C1CCN(CCn2nc(-c3ccc(NC(=O)OC4CC(F)(F)C4)c4c3OCO4)c3c(N)ncnc32)CC1. The Labute approximate surface area is 229 Å². The van der Waals surface area contributed by atoms with E-state index in [4.69, 9.17) is 25.0 Å². The number of ether oxygens (including phenoxy) is 3. The highest BCUT2D eigenvalue weighted by atomic mass is 19.3. The van der Waals surface area contributed by atoms with Crippen molar-refractivity contribution in [1.82, 2.24) is 29.5 Å². The molecule has 6 rings (SSSR count). The summed E-state index contributed by atoms with van der Waals surface area (Å²) in [5, 5.41) is 8.04. The van der Waals surface area contributed by atoms with E-state index in [-0.39, 0.29) is 18.4 Å². The maximum absolute atomic E-state index is 13.1. The number of nitrogen functional groups attached to an aromatic ring is 1. The van der Waals surface area contributed by atoms with Crippen molar-refractivity contribution in [2.75, 3.05) is 51.6 Å². The number of nitrogens with one attached hydrogen (secondary N) is 1. The number of fused-ring (bicyclic) bond motifs is 2. The third kappa shape index (κ3) is 5.08. The topological polar surface area (TPSA) is 133 Å². The number of hydrogen-bond donors (Lipinski definition) is 2. The summed E-state index contributed by atoms with van der Waals surface area (Å²) in [6.45, 7) is 3.40. The Bertz CT molecular complexity index is 1420. The quantitative estimate of drug-likeness (QED) is 0.446. The van der Waals surface area contributed by atoms with Crippen LogP contribution in [0.2, 0.25) is 0 Å². The lowest BCUT2D eigenvalue weighted by Crippen LogP contribution is -2.43. The first-order valence-corrected chi connectivity index (χ1v) is 13.3. The Morgan fingerprint density at radius 2 is 1.93 bits per heavy atom. The number of hydrogen-bond acceptors (Lipinski definition) is 10. The lowest BCUT2D eigenvalue weighted by molar-refractivity contribution is -0.142. The summed E-state index contributed by atoms with van der Waals surface area (Å²) < 4.78 is 44.5. The molecular formula is C26H32F2N8O4. The molecule has 1 aromatic carbocycles. The second kappa shape index (κ2) is 10.3. The number of carbonyl (C=O) groups is 1. The molecule has 3 aromatic rings. The predicted octanol–water partition coefficient (Wildman–Crippen LogP) is 3.18. The zero-order valence-electron chi connectivity index (χ0n) is 22.4. The summed E-state index contributed by atoms with van der Waals surface area (Å²) >= 11 is 0. The molecule has 2 aliphatic heterocycles. The summed E-state index contributed by atoms with van der Waals surface area (Å²) in [7, 11) is 4.25. The van der Waals surface area contributed by atoms with E-state index in [1.54, 1.807) is 12.1 Å². The van der Waals surface area contributed by atoms with Crippen molar-refractivity contribution in [3.63, 3.8) is 0 Å². The van der Waals surface area contributed by atoms with Crippen molar-refractivity contribution in [2.45, 2.75) is 50.3 Å². The van der Waals surface area contributed by atoms with Gasteiger partial charge in [-0.3, -0.25) is 5.32 Å². The second-order valence-corrected chi connectivity index (χ2v) is 10.7. The minimum absolute atomic E-state index is 0.0710. The maximum atomic E-state index is 13.1. The number of amides is 1.